The van der Waals surface area contributed by atoms with E-state index in [9.17, 15) is 12.8 Å². The number of hydrogen-bond donors (Lipinski definition) is 1. The Balaban J connectivity index is 1.68. The molecule has 1 N–H and O–H groups in total. The van der Waals surface area contributed by atoms with E-state index in [1.54, 1.807) is 12.1 Å². The van der Waals surface area contributed by atoms with E-state index in [4.69, 9.17) is 4.74 Å². The largest absolute Gasteiger partial charge is 0.381 e. The maximum absolute atomic E-state index is 14.1. The number of benzene rings is 1. The van der Waals surface area contributed by atoms with Crippen molar-refractivity contribution in [2.45, 2.75) is 50.5 Å². The Morgan fingerprint density at radius 3 is 2.65 bits per heavy atom. The van der Waals surface area contributed by atoms with Crippen molar-refractivity contribution < 1.29 is 17.5 Å². The molecule has 0 radical (unpaired) electrons. The lowest BCUT2D eigenvalue weighted by Crippen LogP contribution is -2.64. The van der Waals surface area contributed by atoms with Gasteiger partial charge in [0.2, 0.25) is 0 Å². The first-order chi connectivity index (χ1) is 10.8. The van der Waals surface area contributed by atoms with Crippen molar-refractivity contribution in [2.75, 3.05) is 18.2 Å². The number of hydrogen-bond acceptors (Lipinski definition) is 4. The van der Waals surface area contributed by atoms with Gasteiger partial charge in [-0.05, 0) is 38.3 Å². The van der Waals surface area contributed by atoms with E-state index in [-0.39, 0.29) is 16.7 Å². The number of halogens is 1. The molecule has 0 bridgehead atoms. The second-order valence-electron chi connectivity index (χ2n) is 6.84. The molecule has 0 saturated heterocycles. The Hall–Kier alpha value is -1.14. The first-order valence-corrected chi connectivity index (χ1v) is 10.2. The van der Waals surface area contributed by atoms with Crippen molar-refractivity contribution in [1.29, 1.82) is 0 Å². The van der Waals surface area contributed by atoms with Crippen LogP contribution in [-0.4, -0.2) is 33.4 Å². The van der Waals surface area contributed by atoms with Crippen molar-refractivity contribution in [3.8, 4) is 0 Å². The third-order valence-corrected chi connectivity index (χ3v) is 6.08. The van der Waals surface area contributed by atoms with E-state index >= 15 is 0 Å². The SMILES string of the molecule is CCO[C@H]1C[C@@H](Nc2ccc(CS(C)(=O)=O)c(F)c2)C12CCC2. The van der Waals surface area contributed by atoms with Gasteiger partial charge in [-0.3, -0.25) is 0 Å². The fourth-order valence-electron chi connectivity index (χ4n) is 3.88. The first-order valence-electron chi connectivity index (χ1n) is 8.18. The van der Waals surface area contributed by atoms with Gasteiger partial charge >= 0.3 is 0 Å². The average molecular weight is 341 g/mol. The predicted octanol–water partition coefficient (Wildman–Crippen LogP) is 3.13. The topological polar surface area (TPSA) is 55.4 Å². The van der Waals surface area contributed by atoms with Gasteiger partial charge in [0.15, 0.2) is 9.84 Å². The molecule has 128 valence electrons. The Morgan fingerprint density at radius 1 is 1.39 bits per heavy atom. The van der Waals surface area contributed by atoms with Gasteiger partial charge in [-0.15, -0.1) is 0 Å². The van der Waals surface area contributed by atoms with Crippen LogP contribution in [0, 0.1) is 11.2 Å². The highest BCUT2D eigenvalue weighted by atomic mass is 32.2. The normalized spacial score (nSPS) is 25.7. The van der Waals surface area contributed by atoms with E-state index in [1.165, 1.54) is 12.5 Å². The zero-order valence-corrected chi connectivity index (χ0v) is 14.5. The van der Waals surface area contributed by atoms with Crippen LogP contribution in [-0.2, 0) is 20.3 Å². The number of ether oxygens (including phenoxy) is 1. The highest BCUT2D eigenvalue weighted by Gasteiger charge is 2.58. The summed E-state index contributed by atoms with van der Waals surface area (Å²) in [6, 6.07) is 5.04. The fourth-order valence-corrected chi connectivity index (χ4v) is 4.68. The maximum Gasteiger partial charge on any atom is 0.151 e. The van der Waals surface area contributed by atoms with Crippen LogP contribution in [0.2, 0.25) is 0 Å². The monoisotopic (exact) mass is 341 g/mol. The third kappa shape index (κ3) is 3.24. The molecule has 2 atom stereocenters. The summed E-state index contributed by atoms with van der Waals surface area (Å²) in [5.41, 5.74) is 1.14. The highest BCUT2D eigenvalue weighted by Crippen LogP contribution is 2.58. The molecule has 1 spiro atoms. The molecule has 4 nitrogen and oxygen atoms in total. The molecule has 0 amide bonds. The summed E-state index contributed by atoms with van der Waals surface area (Å²) >= 11 is 0. The number of rotatable bonds is 6. The standard InChI is InChI=1S/C17H24FNO3S/c1-3-22-16-10-15(17(16)7-4-8-17)19-13-6-5-12(14(18)9-13)11-23(2,20)21/h5-6,9,15-16,19H,3-4,7-8,10-11H2,1-2H3/t15-,16+/m1/s1. The van der Waals surface area contributed by atoms with Gasteiger partial charge in [0, 0.05) is 35.6 Å². The molecule has 0 aliphatic heterocycles. The molecular formula is C17H24FNO3S. The predicted molar refractivity (Wildman–Crippen MR) is 88.7 cm³/mol. The van der Waals surface area contributed by atoms with Crippen LogP contribution >= 0.6 is 0 Å². The van der Waals surface area contributed by atoms with Crippen LogP contribution in [0.1, 0.15) is 38.2 Å². The molecule has 0 unspecified atom stereocenters. The fraction of sp³-hybridized carbons (Fsp3) is 0.647. The Morgan fingerprint density at radius 2 is 2.13 bits per heavy atom. The van der Waals surface area contributed by atoms with Crippen LogP contribution in [0.4, 0.5) is 10.1 Å². The van der Waals surface area contributed by atoms with E-state index in [0.29, 0.717) is 17.8 Å². The van der Waals surface area contributed by atoms with Gasteiger partial charge in [-0.25, -0.2) is 12.8 Å². The minimum Gasteiger partial charge on any atom is -0.381 e. The van der Waals surface area contributed by atoms with Crippen molar-refractivity contribution >= 4 is 15.5 Å². The quantitative estimate of drug-likeness (QED) is 0.864. The highest BCUT2D eigenvalue weighted by molar-refractivity contribution is 7.89. The smallest absolute Gasteiger partial charge is 0.151 e. The number of anilines is 1. The van der Waals surface area contributed by atoms with E-state index in [1.807, 2.05) is 6.92 Å². The summed E-state index contributed by atoms with van der Waals surface area (Å²) in [4.78, 5) is 0. The average Bonchev–Trinajstić information content (AvgIpc) is 2.37. The van der Waals surface area contributed by atoms with Gasteiger partial charge < -0.3 is 10.1 Å². The van der Waals surface area contributed by atoms with Crippen molar-refractivity contribution in [3.63, 3.8) is 0 Å². The van der Waals surface area contributed by atoms with E-state index in [2.05, 4.69) is 5.32 Å². The second kappa shape index (κ2) is 6.06. The molecule has 3 rings (SSSR count). The zero-order chi connectivity index (χ0) is 16.7. The lowest BCUT2D eigenvalue weighted by atomic mass is 9.51. The molecule has 2 fully saturated rings. The van der Waals surface area contributed by atoms with Gasteiger partial charge in [0.05, 0.1) is 11.9 Å². The minimum atomic E-state index is -3.23. The van der Waals surface area contributed by atoms with Gasteiger partial charge in [-0.2, -0.15) is 0 Å². The molecule has 0 aromatic heterocycles. The van der Waals surface area contributed by atoms with Crippen LogP contribution < -0.4 is 5.32 Å². The molecule has 23 heavy (non-hydrogen) atoms. The van der Waals surface area contributed by atoms with Crippen molar-refractivity contribution in [3.05, 3.63) is 29.6 Å². The molecule has 0 heterocycles. The molecular weight excluding hydrogens is 317 g/mol. The van der Waals surface area contributed by atoms with Gasteiger partial charge in [-0.1, -0.05) is 12.5 Å². The third-order valence-electron chi connectivity index (χ3n) is 5.25. The van der Waals surface area contributed by atoms with E-state index in [0.717, 1.165) is 32.1 Å². The molecule has 1 aromatic carbocycles. The summed E-state index contributed by atoms with van der Waals surface area (Å²) in [6.45, 7) is 2.75. The van der Waals surface area contributed by atoms with E-state index < -0.39 is 15.7 Å². The van der Waals surface area contributed by atoms with Crippen molar-refractivity contribution in [1.82, 2.24) is 0 Å². The minimum absolute atomic E-state index is 0.206. The Kier molecular flexibility index (Phi) is 4.40. The van der Waals surface area contributed by atoms with Gasteiger partial charge in [0.25, 0.3) is 0 Å². The molecule has 6 heteroatoms. The summed E-state index contributed by atoms with van der Waals surface area (Å²) in [7, 11) is -3.23. The summed E-state index contributed by atoms with van der Waals surface area (Å²) < 4.78 is 42.5. The zero-order valence-electron chi connectivity index (χ0n) is 13.6. The van der Waals surface area contributed by atoms with Crippen LogP contribution in [0.3, 0.4) is 0 Å². The van der Waals surface area contributed by atoms with Crippen LogP contribution in [0.25, 0.3) is 0 Å². The second-order valence-corrected chi connectivity index (χ2v) is 8.98. The summed E-state index contributed by atoms with van der Waals surface area (Å²) in [6.07, 6.45) is 5.91. The summed E-state index contributed by atoms with van der Waals surface area (Å²) in [5.74, 6) is -0.734. The molecule has 2 aliphatic carbocycles. The Bertz CT molecular complexity index is 685. The lowest BCUT2D eigenvalue weighted by molar-refractivity contribution is -0.157. The van der Waals surface area contributed by atoms with Crippen molar-refractivity contribution in [2.24, 2.45) is 5.41 Å². The van der Waals surface area contributed by atoms with Crippen LogP contribution in [0.5, 0.6) is 0 Å². The molecule has 2 aliphatic rings. The number of nitrogens with one attached hydrogen (secondary N) is 1. The Labute approximate surface area is 137 Å². The summed E-state index contributed by atoms with van der Waals surface area (Å²) in [5, 5.41) is 3.42. The number of sulfone groups is 1. The molecule has 1 aromatic rings. The van der Waals surface area contributed by atoms with Crippen LogP contribution in [0.15, 0.2) is 18.2 Å². The molecule has 2 saturated carbocycles. The van der Waals surface area contributed by atoms with Gasteiger partial charge in [0.1, 0.15) is 5.82 Å². The first kappa shape index (κ1) is 16.7. The maximum atomic E-state index is 14.1. The lowest BCUT2D eigenvalue weighted by Gasteiger charge is -2.61.